The van der Waals surface area contributed by atoms with Crippen molar-refractivity contribution in [3.05, 3.63) is 40.7 Å². The number of nitrogens with one attached hydrogen (secondary N) is 1. The van der Waals surface area contributed by atoms with Gasteiger partial charge in [0.15, 0.2) is 16.5 Å². The molecule has 37 heavy (non-hydrogen) atoms. The molecule has 0 spiro atoms. The molecule has 3 aromatic rings. The van der Waals surface area contributed by atoms with E-state index in [-0.39, 0.29) is 57.5 Å². The van der Waals surface area contributed by atoms with E-state index in [1.54, 1.807) is 18.3 Å². The predicted octanol–water partition coefficient (Wildman–Crippen LogP) is -4.29. The summed E-state index contributed by atoms with van der Waals surface area (Å²) in [6.07, 6.45) is 1.59. The number of anilines is 1. The quantitative estimate of drug-likeness (QED) is 0.0873. The third-order valence-corrected chi connectivity index (χ3v) is 8.23. The number of nitrogens with two attached hydrogens (primary N) is 1. The van der Waals surface area contributed by atoms with E-state index in [0.29, 0.717) is 22.1 Å². The van der Waals surface area contributed by atoms with Gasteiger partial charge in [-0.3, -0.25) is 14.5 Å². The van der Waals surface area contributed by atoms with Crippen LogP contribution < -0.4 is 45.7 Å². The first-order valence-corrected chi connectivity index (χ1v) is 13.1. The number of nitrogen functional groups attached to an aromatic ring is 1. The van der Waals surface area contributed by atoms with Crippen molar-refractivity contribution >= 4 is 69.1 Å². The smallest absolute Gasteiger partial charge is 0.543 e. The molecular weight excluding hydrogens is 553 g/mol. The summed E-state index contributed by atoms with van der Waals surface area (Å²) in [6, 6.07) is 2.51. The second-order valence-corrected chi connectivity index (χ2v) is 10.3. The molecule has 3 aromatic heterocycles. The number of fused-ring (bicyclic) bond motifs is 2. The fourth-order valence-corrected chi connectivity index (χ4v) is 6.58. The van der Waals surface area contributed by atoms with Gasteiger partial charge < -0.3 is 25.8 Å². The van der Waals surface area contributed by atoms with Crippen LogP contribution in [-0.2, 0) is 19.2 Å². The molecule has 2 atom stereocenters. The summed E-state index contributed by atoms with van der Waals surface area (Å²) in [7, 11) is 1.27. The Kier molecular flexibility index (Phi) is 8.39. The molecule has 2 amide bonds. The van der Waals surface area contributed by atoms with Gasteiger partial charge in [0.05, 0.1) is 11.7 Å². The van der Waals surface area contributed by atoms with Crippen LogP contribution in [0.15, 0.2) is 45.3 Å². The third kappa shape index (κ3) is 5.19. The monoisotopic (exact) mass is 569 g/mol. The summed E-state index contributed by atoms with van der Waals surface area (Å²) < 4.78 is 1.54. The van der Waals surface area contributed by atoms with Gasteiger partial charge in [-0.1, -0.05) is 16.9 Å². The molecule has 3 N–H and O–H groups in total. The molecule has 186 valence electrons. The van der Waals surface area contributed by atoms with E-state index < -0.39 is 29.2 Å². The Hall–Kier alpha value is -2.70. The van der Waals surface area contributed by atoms with Crippen LogP contribution in [0.5, 0.6) is 0 Å². The van der Waals surface area contributed by atoms with Crippen LogP contribution in [0.25, 0.3) is 5.65 Å². The van der Waals surface area contributed by atoms with E-state index in [2.05, 4.69) is 30.8 Å². The summed E-state index contributed by atoms with van der Waals surface area (Å²) >= 11 is 3.69. The first-order chi connectivity index (χ1) is 17.4. The van der Waals surface area contributed by atoms with Gasteiger partial charge in [-0.15, -0.1) is 33.3 Å². The molecule has 0 bridgehead atoms. The number of carbonyl (C=O) groups excluding carboxylic acids is 3. The van der Waals surface area contributed by atoms with Gasteiger partial charge in [0.2, 0.25) is 5.16 Å². The summed E-state index contributed by atoms with van der Waals surface area (Å²) in [5, 5.41) is 32.2. The molecule has 14 nitrogen and oxygen atoms in total. The Labute approximate surface area is 243 Å². The summed E-state index contributed by atoms with van der Waals surface area (Å²) in [4.78, 5) is 47.7. The van der Waals surface area contributed by atoms with E-state index in [1.165, 1.54) is 40.5 Å². The molecule has 2 aliphatic rings. The number of β-lactam (4-membered cyclic amide) rings is 1. The molecule has 1 fully saturated rings. The van der Waals surface area contributed by atoms with E-state index in [0.717, 1.165) is 16.2 Å². The van der Waals surface area contributed by atoms with Gasteiger partial charge in [0, 0.05) is 23.1 Å². The topological polar surface area (TPSA) is 193 Å². The number of carbonyl (C=O) groups is 3. The van der Waals surface area contributed by atoms with Gasteiger partial charge in [-0.2, -0.15) is 9.61 Å². The van der Waals surface area contributed by atoms with Crippen LogP contribution in [0.2, 0.25) is 0 Å². The molecule has 2 aliphatic heterocycles. The Morgan fingerprint density at radius 1 is 1.41 bits per heavy atom. The largest absolute Gasteiger partial charge is 1.00 e. The number of rotatable bonds is 8. The van der Waals surface area contributed by atoms with Crippen molar-refractivity contribution in [3.63, 3.8) is 0 Å². The Bertz CT molecular complexity index is 1440. The normalized spacial score (nSPS) is 19.2. The van der Waals surface area contributed by atoms with Crippen molar-refractivity contribution in [3.8, 4) is 0 Å². The second kappa shape index (κ2) is 11.4. The number of aromatic nitrogens is 5. The van der Waals surface area contributed by atoms with Gasteiger partial charge in [-0.05, 0) is 17.7 Å². The minimum absolute atomic E-state index is 0. The maximum Gasteiger partial charge on any atom is 1.00 e. The maximum absolute atomic E-state index is 12.9. The first-order valence-electron chi connectivity index (χ1n) is 10.2. The van der Waals surface area contributed by atoms with Crippen molar-refractivity contribution in [2.24, 2.45) is 5.16 Å². The van der Waals surface area contributed by atoms with Crippen molar-refractivity contribution in [2.45, 2.75) is 16.6 Å². The SMILES string of the molecule is CO/N=C(\C(=O)N[C@@H]1C(=O)N2C(C(=O)[O-])=C(CSc3nnc4cccnn34)CS[C@@H]12)c1csc(N)n1.[Na+]. The predicted molar refractivity (Wildman–Crippen MR) is 129 cm³/mol. The molecule has 5 rings (SSSR count). The fourth-order valence-electron chi connectivity index (χ4n) is 3.65. The fraction of sp³-hybridized carbons (Fsp3) is 0.263. The molecule has 5 heterocycles. The number of nitrogens with zero attached hydrogens (tertiary/aromatic N) is 7. The molecule has 0 saturated carbocycles. The average Bonchev–Trinajstić information content (AvgIpc) is 3.49. The zero-order chi connectivity index (χ0) is 25.4. The number of amides is 2. The van der Waals surface area contributed by atoms with Crippen LogP contribution in [-0.4, -0.2) is 83.2 Å². The zero-order valence-electron chi connectivity index (χ0n) is 19.4. The van der Waals surface area contributed by atoms with Crippen molar-refractivity contribution < 1.29 is 53.9 Å². The number of hydrogen-bond donors (Lipinski definition) is 2. The molecule has 1 saturated heterocycles. The van der Waals surface area contributed by atoms with Crippen molar-refractivity contribution in [1.29, 1.82) is 0 Å². The van der Waals surface area contributed by atoms with Crippen LogP contribution >= 0.6 is 34.9 Å². The van der Waals surface area contributed by atoms with Crippen LogP contribution in [0.1, 0.15) is 5.69 Å². The summed E-state index contributed by atoms with van der Waals surface area (Å²) in [5.41, 5.74) is 6.52. The van der Waals surface area contributed by atoms with E-state index >= 15 is 0 Å². The number of aliphatic carboxylic acids is 1. The number of carboxylic acid groups (broad SMARTS) is 1. The van der Waals surface area contributed by atoms with Gasteiger partial charge in [0.1, 0.15) is 24.2 Å². The van der Waals surface area contributed by atoms with Gasteiger partial charge in [-0.25, -0.2) is 4.98 Å². The molecule has 0 aliphatic carbocycles. The molecule has 0 radical (unpaired) electrons. The molecular formula is C19H16N9NaO5S3. The Morgan fingerprint density at radius 2 is 2.22 bits per heavy atom. The Morgan fingerprint density at radius 3 is 2.92 bits per heavy atom. The number of carboxylic acids is 1. The number of thiazole rings is 1. The Balaban J connectivity index is 0.00000320. The molecule has 18 heteroatoms. The molecule has 0 aromatic carbocycles. The van der Waals surface area contributed by atoms with Crippen LogP contribution in [0.3, 0.4) is 0 Å². The average molecular weight is 570 g/mol. The van der Waals surface area contributed by atoms with Gasteiger partial charge >= 0.3 is 29.6 Å². The van der Waals surface area contributed by atoms with Crippen LogP contribution in [0, 0.1) is 0 Å². The number of hydrogen-bond acceptors (Lipinski definition) is 14. The second-order valence-electron chi connectivity index (χ2n) is 7.36. The summed E-state index contributed by atoms with van der Waals surface area (Å²) in [6.45, 7) is 0. The minimum atomic E-state index is -1.47. The maximum atomic E-state index is 12.9. The third-order valence-electron chi connectivity index (χ3n) is 5.21. The van der Waals surface area contributed by atoms with E-state index in [4.69, 9.17) is 10.6 Å². The van der Waals surface area contributed by atoms with Gasteiger partial charge in [0.25, 0.3) is 11.8 Å². The molecule has 0 unspecified atom stereocenters. The minimum Gasteiger partial charge on any atom is -0.543 e. The standard InChI is InChI=1S/C19H17N9O5S3.Na/c1-33-26-11(9-7-35-18(20)22-9)14(29)23-12-15(30)27-13(17(31)32)8(5-34-16(12)27)6-36-19-25-24-10-3-2-4-21-28(10)19;/h2-4,7,12,16H,5-6H2,1H3,(H2,20,22)(H,23,29)(H,31,32);/q;+1/p-1/b26-11-;/t12-,16+;/m1./s1. The number of oxime groups is 1. The summed E-state index contributed by atoms with van der Waals surface area (Å²) in [5.74, 6) is -2.21. The van der Waals surface area contributed by atoms with Crippen LogP contribution in [0.4, 0.5) is 5.13 Å². The van der Waals surface area contributed by atoms with E-state index in [1.807, 2.05) is 0 Å². The first kappa shape index (κ1) is 27.3. The van der Waals surface area contributed by atoms with E-state index in [9.17, 15) is 19.5 Å². The zero-order valence-corrected chi connectivity index (χ0v) is 23.8. The van der Waals surface area contributed by atoms with Crippen molar-refractivity contribution in [1.82, 2.24) is 35.0 Å². The number of thioether (sulfide) groups is 2. The van der Waals surface area contributed by atoms with Crippen molar-refractivity contribution in [2.75, 3.05) is 24.3 Å².